The van der Waals surface area contributed by atoms with Gasteiger partial charge in [0.2, 0.25) is 15.9 Å². The summed E-state index contributed by atoms with van der Waals surface area (Å²) in [5.74, 6) is -1.29. The Morgan fingerprint density at radius 3 is 2.45 bits per heavy atom. The summed E-state index contributed by atoms with van der Waals surface area (Å²) < 4.78 is 58.7. The van der Waals surface area contributed by atoms with Crippen molar-refractivity contribution in [3.8, 4) is 0 Å². The van der Waals surface area contributed by atoms with E-state index in [1.54, 1.807) is 12.1 Å². The Kier molecular flexibility index (Phi) is 7.58. The van der Waals surface area contributed by atoms with Gasteiger partial charge in [-0.2, -0.15) is 0 Å². The van der Waals surface area contributed by atoms with Crippen molar-refractivity contribution in [2.75, 3.05) is 50.1 Å². The molecule has 0 aromatic heterocycles. The number of amides is 1. The SMILES string of the molecule is CN(CCCC(=O)Nc1ccc(N2CCOCC2)c(F)c1)S(=O)(=O)c1ccc(F)cc1. The predicted octanol–water partition coefficient (Wildman–Crippen LogP) is 2.84. The average molecular weight is 454 g/mol. The maximum Gasteiger partial charge on any atom is 0.242 e. The second-order valence-corrected chi connectivity index (χ2v) is 9.24. The Labute approximate surface area is 180 Å². The summed E-state index contributed by atoms with van der Waals surface area (Å²) in [7, 11) is -2.36. The fraction of sp³-hybridized carbons (Fsp3) is 0.381. The Balaban J connectivity index is 1.49. The van der Waals surface area contributed by atoms with Crippen LogP contribution >= 0.6 is 0 Å². The maximum absolute atomic E-state index is 14.4. The van der Waals surface area contributed by atoms with Crippen molar-refractivity contribution in [2.24, 2.45) is 0 Å². The van der Waals surface area contributed by atoms with E-state index in [9.17, 15) is 22.0 Å². The summed E-state index contributed by atoms with van der Waals surface area (Å²) in [5.41, 5.74) is 0.806. The minimum absolute atomic E-state index is 0.0170. The number of hydrogen-bond acceptors (Lipinski definition) is 5. The second kappa shape index (κ2) is 10.2. The van der Waals surface area contributed by atoms with E-state index in [1.807, 2.05) is 4.90 Å². The fourth-order valence-corrected chi connectivity index (χ4v) is 4.45. The first-order valence-electron chi connectivity index (χ1n) is 9.91. The first-order chi connectivity index (χ1) is 14.8. The summed E-state index contributed by atoms with van der Waals surface area (Å²) in [5, 5.41) is 2.63. The molecule has 0 unspecified atom stereocenters. The molecule has 1 aliphatic rings. The highest BCUT2D eigenvalue weighted by atomic mass is 32.2. The lowest BCUT2D eigenvalue weighted by molar-refractivity contribution is -0.116. The van der Waals surface area contributed by atoms with Crippen LogP contribution in [0.3, 0.4) is 0 Å². The zero-order valence-corrected chi connectivity index (χ0v) is 18.0. The van der Waals surface area contributed by atoms with Gasteiger partial charge in [0, 0.05) is 38.8 Å². The zero-order valence-electron chi connectivity index (χ0n) is 17.2. The van der Waals surface area contributed by atoms with Crippen LogP contribution in [0.2, 0.25) is 0 Å². The molecule has 1 aliphatic heterocycles. The molecule has 1 amide bonds. The van der Waals surface area contributed by atoms with E-state index >= 15 is 0 Å². The van der Waals surface area contributed by atoms with Gasteiger partial charge < -0.3 is 15.0 Å². The number of carbonyl (C=O) groups excluding carboxylic acids is 1. The minimum Gasteiger partial charge on any atom is -0.378 e. The second-order valence-electron chi connectivity index (χ2n) is 7.20. The van der Waals surface area contributed by atoms with Crippen molar-refractivity contribution in [3.05, 3.63) is 54.1 Å². The van der Waals surface area contributed by atoms with Crippen molar-refractivity contribution in [2.45, 2.75) is 17.7 Å². The van der Waals surface area contributed by atoms with Crippen molar-refractivity contribution >= 4 is 27.3 Å². The van der Waals surface area contributed by atoms with Gasteiger partial charge >= 0.3 is 0 Å². The molecule has 1 saturated heterocycles. The summed E-state index contributed by atoms with van der Waals surface area (Å²) in [6.07, 6.45) is 0.340. The fourth-order valence-electron chi connectivity index (χ4n) is 3.24. The van der Waals surface area contributed by atoms with Crippen LogP contribution in [-0.4, -0.2) is 58.5 Å². The first kappa shape index (κ1) is 23.1. The van der Waals surface area contributed by atoms with Crippen LogP contribution < -0.4 is 10.2 Å². The van der Waals surface area contributed by atoms with E-state index in [-0.39, 0.29) is 30.2 Å². The van der Waals surface area contributed by atoms with Crippen molar-refractivity contribution < 1.29 is 26.7 Å². The third kappa shape index (κ3) is 5.99. The Bertz CT molecular complexity index is 1010. The number of anilines is 2. The largest absolute Gasteiger partial charge is 0.378 e. The number of carbonyl (C=O) groups is 1. The molecule has 3 rings (SSSR count). The first-order valence-corrected chi connectivity index (χ1v) is 11.4. The van der Waals surface area contributed by atoms with Crippen LogP contribution in [0.1, 0.15) is 12.8 Å². The highest BCUT2D eigenvalue weighted by Gasteiger charge is 2.21. The molecule has 7 nitrogen and oxygen atoms in total. The Morgan fingerprint density at radius 2 is 1.81 bits per heavy atom. The molecular weight excluding hydrogens is 428 g/mol. The summed E-state index contributed by atoms with van der Waals surface area (Å²) >= 11 is 0. The van der Waals surface area contributed by atoms with Gasteiger partial charge in [0.15, 0.2) is 0 Å². The molecule has 2 aromatic carbocycles. The summed E-state index contributed by atoms with van der Waals surface area (Å²) in [4.78, 5) is 14.1. The number of ether oxygens (including phenoxy) is 1. The van der Waals surface area contributed by atoms with E-state index in [0.29, 0.717) is 37.7 Å². The molecule has 1 N–H and O–H groups in total. The molecule has 0 bridgehead atoms. The summed E-state index contributed by atoms with van der Waals surface area (Å²) in [6.45, 7) is 2.41. The molecule has 0 saturated carbocycles. The van der Waals surface area contributed by atoms with E-state index in [1.165, 1.54) is 25.2 Å². The maximum atomic E-state index is 14.4. The quantitative estimate of drug-likeness (QED) is 0.665. The molecule has 1 heterocycles. The number of benzene rings is 2. The zero-order chi connectivity index (χ0) is 22.4. The lowest BCUT2D eigenvalue weighted by Gasteiger charge is -2.29. The van der Waals surface area contributed by atoms with Gasteiger partial charge in [-0.05, 0) is 48.9 Å². The highest BCUT2D eigenvalue weighted by Crippen LogP contribution is 2.24. The monoisotopic (exact) mass is 453 g/mol. The lowest BCUT2D eigenvalue weighted by Crippen LogP contribution is -2.36. The van der Waals surface area contributed by atoms with Gasteiger partial charge in [-0.25, -0.2) is 21.5 Å². The molecule has 0 aliphatic carbocycles. The molecular formula is C21H25F2N3O4S. The third-order valence-corrected chi connectivity index (χ3v) is 6.85. The van der Waals surface area contributed by atoms with Crippen LogP contribution in [0.5, 0.6) is 0 Å². The van der Waals surface area contributed by atoms with Gasteiger partial charge in [-0.15, -0.1) is 0 Å². The minimum atomic E-state index is -3.76. The lowest BCUT2D eigenvalue weighted by atomic mass is 10.2. The molecule has 0 atom stereocenters. The van der Waals surface area contributed by atoms with Crippen LogP contribution in [0.25, 0.3) is 0 Å². The molecule has 0 spiro atoms. The van der Waals surface area contributed by atoms with E-state index < -0.39 is 21.7 Å². The van der Waals surface area contributed by atoms with Crippen molar-refractivity contribution in [1.29, 1.82) is 0 Å². The standard InChI is InChI=1S/C21H25F2N3O4S/c1-25(31(28,29)18-7-4-16(22)5-8-18)10-2-3-21(27)24-17-6-9-20(19(23)15-17)26-11-13-30-14-12-26/h4-9,15H,2-3,10-14H2,1H3,(H,24,27). The number of nitrogens with one attached hydrogen (secondary N) is 1. The summed E-state index contributed by atoms with van der Waals surface area (Å²) in [6, 6.07) is 9.09. The normalized spacial score (nSPS) is 14.6. The van der Waals surface area contributed by atoms with Gasteiger partial charge in [0.05, 0.1) is 23.8 Å². The van der Waals surface area contributed by atoms with Gasteiger partial charge in [0.1, 0.15) is 11.6 Å². The molecule has 1 fully saturated rings. The van der Waals surface area contributed by atoms with E-state index in [0.717, 1.165) is 16.4 Å². The number of hydrogen-bond donors (Lipinski definition) is 1. The number of rotatable bonds is 8. The van der Waals surface area contributed by atoms with Crippen LogP contribution in [0, 0.1) is 11.6 Å². The molecule has 0 radical (unpaired) electrons. The molecule has 10 heteroatoms. The van der Waals surface area contributed by atoms with Crippen LogP contribution in [-0.2, 0) is 19.6 Å². The van der Waals surface area contributed by atoms with Crippen molar-refractivity contribution in [3.63, 3.8) is 0 Å². The van der Waals surface area contributed by atoms with Gasteiger partial charge in [-0.1, -0.05) is 0 Å². The third-order valence-electron chi connectivity index (χ3n) is 4.98. The molecule has 168 valence electrons. The van der Waals surface area contributed by atoms with E-state index in [2.05, 4.69) is 5.32 Å². The van der Waals surface area contributed by atoms with Crippen LogP contribution in [0.4, 0.5) is 20.2 Å². The number of nitrogens with zero attached hydrogens (tertiary/aromatic N) is 2. The van der Waals surface area contributed by atoms with E-state index in [4.69, 9.17) is 4.74 Å². The smallest absolute Gasteiger partial charge is 0.242 e. The van der Waals surface area contributed by atoms with Gasteiger partial charge in [0.25, 0.3) is 0 Å². The highest BCUT2D eigenvalue weighted by molar-refractivity contribution is 7.89. The number of halogens is 2. The van der Waals surface area contributed by atoms with Crippen LogP contribution in [0.15, 0.2) is 47.4 Å². The number of sulfonamides is 1. The molecule has 31 heavy (non-hydrogen) atoms. The molecule has 2 aromatic rings. The predicted molar refractivity (Wildman–Crippen MR) is 114 cm³/mol. The van der Waals surface area contributed by atoms with Crippen molar-refractivity contribution in [1.82, 2.24) is 4.31 Å². The average Bonchev–Trinajstić information content (AvgIpc) is 2.74. The topological polar surface area (TPSA) is 79.0 Å². The Morgan fingerprint density at radius 1 is 1.13 bits per heavy atom. The van der Waals surface area contributed by atoms with Gasteiger partial charge in [-0.3, -0.25) is 4.79 Å². The Hall–Kier alpha value is -2.56. The number of morpholine rings is 1.